The molecule has 0 bridgehead atoms. The van der Waals surface area contributed by atoms with Gasteiger partial charge in [-0.15, -0.1) is 11.8 Å². The Labute approximate surface area is 116 Å². The van der Waals surface area contributed by atoms with E-state index in [1.54, 1.807) is 6.07 Å². The van der Waals surface area contributed by atoms with Crippen LogP contribution in [0, 0.1) is 24.1 Å². The SMILES string of the molecule is Cc1cc(SCc2cc(C#N)ccc2F)ccc1N. The predicted molar refractivity (Wildman–Crippen MR) is 76.3 cm³/mol. The highest BCUT2D eigenvalue weighted by molar-refractivity contribution is 7.98. The fourth-order valence-electron chi connectivity index (χ4n) is 1.65. The number of hydrogen-bond acceptors (Lipinski definition) is 3. The Hall–Kier alpha value is -1.99. The normalized spacial score (nSPS) is 10.2. The minimum Gasteiger partial charge on any atom is -0.399 e. The molecular weight excluding hydrogens is 259 g/mol. The number of nitriles is 1. The highest BCUT2D eigenvalue weighted by Crippen LogP contribution is 2.27. The molecular formula is C15H13FN2S. The predicted octanol–water partition coefficient (Wildman–Crippen LogP) is 3.88. The number of nitrogen functional groups attached to an aromatic ring is 1. The fraction of sp³-hybridized carbons (Fsp3) is 0.133. The van der Waals surface area contributed by atoms with Crippen LogP contribution in [0.25, 0.3) is 0 Å². The average molecular weight is 272 g/mol. The van der Waals surface area contributed by atoms with E-state index in [0.29, 0.717) is 16.9 Å². The van der Waals surface area contributed by atoms with E-state index in [4.69, 9.17) is 11.0 Å². The van der Waals surface area contributed by atoms with Gasteiger partial charge in [-0.05, 0) is 54.4 Å². The van der Waals surface area contributed by atoms with Crippen molar-refractivity contribution in [3.63, 3.8) is 0 Å². The molecule has 0 aliphatic carbocycles. The maximum Gasteiger partial charge on any atom is 0.127 e. The number of hydrogen-bond donors (Lipinski definition) is 1. The van der Waals surface area contributed by atoms with Gasteiger partial charge in [0.15, 0.2) is 0 Å². The first-order valence-electron chi connectivity index (χ1n) is 5.77. The van der Waals surface area contributed by atoms with E-state index in [0.717, 1.165) is 16.1 Å². The molecule has 2 N–H and O–H groups in total. The zero-order valence-electron chi connectivity index (χ0n) is 10.5. The van der Waals surface area contributed by atoms with Crippen LogP contribution in [-0.2, 0) is 5.75 Å². The molecule has 0 saturated heterocycles. The van der Waals surface area contributed by atoms with Crippen molar-refractivity contribution >= 4 is 17.4 Å². The van der Waals surface area contributed by atoms with Crippen LogP contribution < -0.4 is 5.73 Å². The monoisotopic (exact) mass is 272 g/mol. The number of halogens is 1. The number of anilines is 1. The third kappa shape index (κ3) is 3.27. The number of rotatable bonds is 3. The highest BCUT2D eigenvalue weighted by Gasteiger charge is 2.05. The van der Waals surface area contributed by atoms with Crippen LogP contribution >= 0.6 is 11.8 Å². The lowest BCUT2D eigenvalue weighted by Gasteiger charge is -2.06. The molecule has 0 saturated carbocycles. The maximum atomic E-state index is 13.6. The van der Waals surface area contributed by atoms with Gasteiger partial charge in [-0.3, -0.25) is 0 Å². The molecule has 96 valence electrons. The molecule has 0 spiro atoms. The molecule has 2 nitrogen and oxygen atoms in total. The molecule has 0 unspecified atom stereocenters. The molecule has 0 aliphatic rings. The van der Waals surface area contributed by atoms with Gasteiger partial charge in [0.1, 0.15) is 5.82 Å². The highest BCUT2D eigenvalue weighted by atomic mass is 32.2. The van der Waals surface area contributed by atoms with Crippen molar-refractivity contribution in [1.29, 1.82) is 5.26 Å². The number of nitrogens with two attached hydrogens (primary N) is 1. The van der Waals surface area contributed by atoms with Crippen molar-refractivity contribution in [1.82, 2.24) is 0 Å². The van der Waals surface area contributed by atoms with E-state index in [9.17, 15) is 4.39 Å². The Morgan fingerprint density at radius 1 is 1.26 bits per heavy atom. The molecule has 2 aromatic carbocycles. The van der Waals surface area contributed by atoms with Crippen LogP contribution in [0.4, 0.5) is 10.1 Å². The van der Waals surface area contributed by atoms with Crippen molar-refractivity contribution in [2.75, 3.05) is 5.73 Å². The summed E-state index contributed by atoms with van der Waals surface area (Å²) in [7, 11) is 0. The van der Waals surface area contributed by atoms with Crippen LogP contribution in [0.2, 0.25) is 0 Å². The third-order valence-electron chi connectivity index (χ3n) is 2.81. The molecule has 0 aromatic heterocycles. The first-order valence-corrected chi connectivity index (χ1v) is 6.76. The van der Waals surface area contributed by atoms with E-state index in [1.165, 1.54) is 23.9 Å². The quantitative estimate of drug-likeness (QED) is 0.681. The molecule has 0 heterocycles. The Morgan fingerprint density at radius 2 is 2.05 bits per heavy atom. The van der Waals surface area contributed by atoms with Gasteiger partial charge in [-0.2, -0.15) is 5.26 Å². The second kappa shape index (κ2) is 5.77. The van der Waals surface area contributed by atoms with Crippen molar-refractivity contribution in [2.45, 2.75) is 17.6 Å². The number of benzene rings is 2. The zero-order chi connectivity index (χ0) is 13.8. The summed E-state index contributed by atoms with van der Waals surface area (Å²) in [6.45, 7) is 1.94. The Balaban J connectivity index is 2.14. The van der Waals surface area contributed by atoms with Crippen molar-refractivity contribution in [2.24, 2.45) is 0 Å². The molecule has 2 rings (SSSR count). The largest absolute Gasteiger partial charge is 0.399 e. The standard InChI is InChI=1S/C15H13FN2S/c1-10-6-13(3-5-15(10)18)19-9-12-7-11(8-17)2-4-14(12)16/h2-7H,9,18H2,1H3. The number of nitrogens with zero attached hydrogens (tertiary/aromatic N) is 1. The fourth-order valence-corrected chi connectivity index (χ4v) is 2.62. The first kappa shape index (κ1) is 13.4. The number of aryl methyl sites for hydroxylation is 1. The zero-order valence-corrected chi connectivity index (χ0v) is 11.3. The van der Waals surface area contributed by atoms with Gasteiger partial charge in [-0.25, -0.2) is 4.39 Å². The van der Waals surface area contributed by atoms with Gasteiger partial charge in [0.05, 0.1) is 11.6 Å². The summed E-state index contributed by atoms with van der Waals surface area (Å²) in [5.74, 6) is 0.212. The summed E-state index contributed by atoms with van der Waals surface area (Å²) in [5, 5.41) is 8.81. The molecule has 0 fully saturated rings. The Kier molecular flexibility index (Phi) is 4.08. The van der Waals surface area contributed by atoms with Crippen molar-refractivity contribution < 1.29 is 4.39 Å². The maximum absolute atomic E-state index is 13.6. The molecule has 0 atom stereocenters. The van der Waals surface area contributed by atoms with Crippen molar-refractivity contribution in [3.8, 4) is 6.07 Å². The van der Waals surface area contributed by atoms with Crippen LogP contribution in [-0.4, -0.2) is 0 Å². The van der Waals surface area contributed by atoms with Gasteiger partial charge >= 0.3 is 0 Å². The van der Waals surface area contributed by atoms with E-state index < -0.39 is 0 Å². The average Bonchev–Trinajstić information content (AvgIpc) is 2.41. The lowest BCUT2D eigenvalue weighted by molar-refractivity contribution is 0.617. The number of thioether (sulfide) groups is 1. The van der Waals surface area contributed by atoms with Gasteiger partial charge in [0.2, 0.25) is 0 Å². The topological polar surface area (TPSA) is 49.8 Å². The van der Waals surface area contributed by atoms with Gasteiger partial charge in [0.25, 0.3) is 0 Å². The van der Waals surface area contributed by atoms with E-state index in [2.05, 4.69) is 0 Å². The summed E-state index contributed by atoms with van der Waals surface area (Å²) in [5.41, 5.74) is 8.53. The van der Waals surface area contributed by atoms with Gasteiger partial charge in [-0.1, -0.05) is 0 Å². The molecule has 0 amide bonds. The summed E-state index contributed by atoms with van der Waals surface area (Å²) in [4.78, 5) is 1.04. The first-order chi connectivity index (χ1) is 9.10. The van der Waals surface area contributed by atoms with E-state index >= 15 is 0 Å². The van der Waals surface area contributed by atoms with Crippen LogP contribution in [0.3, 0.4) is 0 Å². The summed E-state index contributed by atoms with van der Waals surface area (Å²) >= 11 is 1.52. The van der Waals surface area contributed by atoms with Crippen LogP contribution in [0.15, 0.2) is 41.3 Å². The molecule has 4 heteroatoms. The second-order valence-corrected chi connectivity index (χ2v) is 5.27. The lowest BCUT2D eigenvalue weighted by atomic mass is 10.1. The van der Waals surface area contributed by atoms with Crippen LogP contribution in [0.5, 0.6) is 0 Å². The van der Waals surface area contributed by atoms with Gasteiger partial charge < -0.3 is 5.73 Å². The molecule has 0 aliphatic heterocycles. The van der Waals surface area contributed by atoms with Gasteiger partial charge in [0, 0.05) is 16.3 Å². The van der Waals surface area contributed by atoms with E-state index in [1.807, 2.05) is 31.2 Å². The Morgan fingerprint density at radius 3 is 2.74 bits per heavy atom. The second-order valence-electron chi connectivity index (χ2n) is 4.23. The molecule has 0 radical (unpaired) electrons. The smallest absolute Gasteiger partial charge is 0.127 e. The molecule has 2 aromatic rings. The lowest BCUT2D eigenvalue weighted by Crippen LogP contribution is -1.91. The summed E-state index contributed by atoms with van der Waals surface area (Å²) in [6, 6.07) is 12.2. The van der Waals surface area contributed by atoms with Crippen molar-refractivity contribution in [3.05, 3.63) is 58.9 Å². The van der Waals surface area contributed by atoms with Crippen LogP contribution in [0.1, 0.15) is 16.7 Å². The summed E-state index contributed by atoms with van der Waals surface area (Å²) in [6.07, 6.45) is 0. The summed E-state index contributed by atoms with van der Waals surface area (Å²) < 4.78 is 13.6. The minimum atomic E-state index is -0.279. The Bertz CT molecular complexity index is 647. The van der Waals surface area contributed by atoms with E-state index in [-0.39, 0.29) is 5.82 Å². The molecule has 19 heavy (non-hydrogen) atoms. The minimum absolute atomic E-state index is 0.279. The third-order valence-corrected chi connectivity index (χ3v) is 3.85.